The zero-order valence-corrected chi connectivity index (χ0v) is 13.4. The lowest BCUT2D eigenvalue weighted by Crippen LogP contribution is -2.39. The molecule has 0 radical (unpaired) electrons. The Morgan fingerprint density at radius 2 is 2.04 bits per heavy atom. The number of anilines is 1. The molecular formula is C16H20N3O4+. The molecule has 2 amide bonds. The summed E-state index contributed by atoms with van der Waals surface area (Å²) in [6.45, 7) is 3.87. The number of nitrogens with one attached hydrogen (secondary N) is 1. The summed E-state index contributed by atoms with van der Waals surface area (Å²) in [4.78, 5) is 24.2. The fraction of sp³-hybridized carbons (Fsp3) is 0.375. The number of carbonyl (C=O) groups is 2. The largest absolute Gasteiger partial charge is 0.519 e. The van der Waals surface area contributed by atoms with Crippen LogP contribution in [0.1, 0.15) is 20.3 Å². The minimum absolute atomic E-state index is 0.234. The van der Waals surface area contributed by atoms with Crippen LogP contribution in [0.4, 0.5) is 10.5 Å². The monoisotopic (exact) mass is 318 g/mol. The van der Waals surface area contributed by atoms with Gasteiger partial charge in [-0.15, -0.1) is 0 Å². The molecule has 0 spiro atoms. The molecule has 0 saturated heterocycles. The van der Waals surface area contributed by atoms with Gasteiger partial charge in [0.1, 0.15) is 5.69 Å². The van der Waals surface area contributed by atoms with E-state index in [-0.39, 0.29) is 6.42 Å². The van der Waals surface area contributed by atoms with Gasteiger partial charge in [0.05, 0.1) is 24.8 Å². The minimum Gasteiger partial charge on any atom is -0.466 e. The van der Waals surface area contributed by atoms with Crippen molar-refractivity contribution in [3.05, 3.63) is 41.6 Å². The molecule has 0 bridgehead atoms. The molecule has 2 rings (SSSR count). The number of methoxy groups -OCH3 is 1. The summed E-state index contributed by atoms with van der Waals surface area (Å²) in [5, 5.41) is 6.96. The van der Waals surface area contributed by atoms with Crippen molar-refractivity contribution in [2.45, 2.75) is 26.5 Å². The fourth-order valence-electron chi connectivity index (χ4n) is 2.25. The van der Waals surface area contributed by atoms with E-state index in [9.17, 15) is 9.59 Å². The molecule has 0 aromatic heterocycles. The first-order chi connectivity index (χ1) is 11.1. The number of para-hydroxylation sites is 1. The highest BCUT2D eigenvalue weighted by Gasteiger charge is 2.36. The Bertz CT molecular complexity index is 653. The number of nitrogens with zero attached hydrogens (tertiary/aromatic N) is 2. The van der Waals surface area contributed by atoms with Crippen LogP contribution in [0.25, 0.3) is 0 Å². The van der Waals surface area contributed by atoms with E-state index < -0.39 is 18.2 Å². The number of urea groups is 1. The highest BCUT2D eigenvalue weighted by atomic mass is 16.5. The Morgan fingerprint density at radius 1 is 1.35 bits per heavy atom. The molecule has 0 saturated carbocycles. The molecule has 1 aromatic carbocycles. The third-order valence-corrected chi connectivity index (χ3v) is 3.37. The van der Waals surface area contributed by atoms with E-state index in [2.05, 4.69) is 10.4 Å². The van der Waals surface area contributed by atoms with E-state index in [4.69, 9.17) is 9.47 Å². The van der Waals surface area contributed by atoms with Crippen molar-refractivity contribution in [1.82, 2.24) is 0 Å². The van der Waals surface area contributed by atoms with Crippen LogP contribution in [0.15, 0.2) is 46.7 Å². The lowest BCUT2D eigenvalue weighted by molar-refractivity contribution is -0.586. The Hall–Kier alpha value is -2.54. The standard InChI is InChI=1S/C16H19N3O4/c1-4-23-14-10-13(15(20)22-3)11(2)18-19(14)16(21)17-12-8-6-5-7-9-12/h5-9,14H,4,10H2,1-3H3/p+1/t14-/m0/s1. The average molecular weight is 318 g/mol. The summed E-state index contributed by atoms with van der Waals surface area (Å²) in [5.41, 5.74) is 1.51. The quantitative estimate of drug-likeness (QED) is 0.684. The highest BCUT2D eigenvalue weighted by molar-refractivity contribution is 5.89. The summed E-state index contributed by atoms with van der Waals surface area (Å²) in [6.07, 6.45) is -0.417. The summed E-state index contributed by atoms with van der Waals surface area (Å²) in [5.74, 6) is -0.459. The smallest absolute Gasteiger partial charge is 0.466 e. The number of esters is 1. The molecule has 7 nitrogen and oxygen atoms in total. The van der Waals surface area contributed by atoms with Crippen LogP contribution in [0, 0.1) is 0 Å². The number of allylic oxidation sites excluding steroid dienone is 1. The van der Waals surface area contributed by atoms with Crippen molar-refractivity contribution >= 4 is 17.7 Å². The van der Waals surface area contributed by atoms with E-state index in [1.807, 2.05) is 25.1 Å². The lowest BCUT2D eigenvalue weighted by atomic mass is 10.1. The second-order valence-corrected chi connectivity index (χ2v) is 4.91. The van der Waals surface area contributed by atoms with Crippen LogP contribution in [-0.2, 0) is 14.3 Å². The van der Waals surface area contributed by atoms with Crippen LogP contribution in [0.2, 0.25) is 0 Å². The van der Waals surface area contributed by atoms with Crippen molar-refractivity contribution in [2.24, 2.45) is 5.11 Å². The molecular weight excluding hydrogens is 298 g/mol. The van der Waals surface area contributed by atoms with Gasteiger partial charge in [0.15, 0.2) is 0 Å². The molecule has 0 aliphatic carbocycles. The number of rotatable bonds is 4. The Labute approximate surface area is 134 Å². The zero-order chi connectivity index (χ0) is 16.8. The predicted octanol–water partition coefficient (Wildman–Crippen LogP) is 2.90. The van der Waals surface area contributed by atoms with Gasteiger partial charge in [0.25, 0.3) is 0 Å². The normalized spacial score (nSPS) is 17.5. The Balaban J connectivity index is 2.27. The second-order valence-electron chi connectivity index (χ2n) is 4.91. The van der Waals surface area contributed by atoms with Crippen LogP contribution in [0.3, 0.4) is 0 Å². The van der Waals surface area contributed by atoms with E-state index in [1.54, 1.807) is 19.1 Å². The average Bonchev–Trinajstić information content (AvgIpc) is 2.56. The van der Waals surface area contributed by atoms with Crippen molar-refractivity contribution in [3.63, 3.8) is 0 Å². The molecule has 1 aliphatic rings. The van der Waals surface area contributed by atoms with Gasteiger partial charge in [0, 0.05) is 6.61 Å². The van der Waals surface area contributed by atoms with Crippen molar-refractivity contribution in [3.8, 4) is 0 Å². The maximum absolute atomic E-state index is 12.4. The highest BCUT2D eigenvalue weighted by Crippen LogP contribution is 2.23. The first-order valence-corrected chi connectivity index (χ1v) is 7.33. The summed E-state index contributed by atoms with van der Waals surface area (Å²) < 4.78 is 11.5. The lowest BCUT2D eigenvalue weighted by Gasteiger charge is -2.20. The van der Waals surface area contributed by atoms with Gasteiger partial charge in [-0.25, -0.2) is 10.1 Å². The number of carbonyl (C=O) groups excluding carboxylic acids is 2. The molecule has 1 aromatic rings. The second kappa shape index (κ2) is 7.64. The van der Waals surface area contributed by atoms with E-state index in [1.165, 1.54) is 11.8 Å². The van der Waals surface area contributed by atoms with Gasteiger partial charge in [-0.3, -0.25) is 0 Å². The van der Waals surface area contributed by atoms with Crippen molar-refractivity contribution < 1.29 is 23.8 Å². The van der Waals surface area contributed by atoms with Crippen LogP contribution >= 0.6 is 0 Å². The number of benzene rings is 1. The first kappa shape index (κ1) is 16.8. The third kappa shape index (κ3) is 4.01. The van der Waals surface area contributed by atoms with Gasteiger partial charge in [-0.2, -0.15) is 4.79 Å². The van der Waals surface area contributed by atoms with Gasteiger partial charge in [-0.1, -0.05) is 28.0 Å². The molecule has 0 unspecified atom stereocenters. The molecule has 1 atom stereocenters. The number of hydrogen-bond donors (Lipinski definition) is 1. The van der Waals surface area contributed by atoms with Gasteiger partial charge < -0.3 is 9.47 Å². The fourth-order valence-corrected chi connectivity index (χ4v) is 2.25. The molecule has 122 valence electrons. The molecule has 1 N–H and O–H groups in total. The molecule has 23 heavy (non-hydrogen) atoms. The van der Waals surface area contributed by atoms with Crippen molar-refractivity contribution in [1.29, 1.82) is 0 Å². The van der Waals surface area contributed by atoms with E-state index in [0.29, 0.717) is 23.6 Å². The number of hydrogen-bond acceptors (Lipinski definition) is 5. The van der Waals surface area contributed by atoms with Crippen LogP contribution in [-0.4, -0.2) is 36.6 Å². The van der Waals surface area contributed by atoms with E-state index >= 15 is 0 Å². The van der Waals surface area contributed by atoms with E-state index in [0.717, 1.165) is 0 Å². The first-order valence-electron chi connectivity index (χ1n) is 7.33. The topological polar surface area (TPSA) is 80.0 Å². The molecule has 1 aliphatic heterocycles. The summed E-state index contributed by atoms with van der Waals surface area (Å²) in [6, 6.07) is 8.64. The minimum atomic E-state index is -0.651. The molecule has 0 fully saturated rings. The molecule has 7 heteroatoms. The van der Waals surface area contributed by atoms with Gasteiger partial charge in [-0.05, 0) is 26.0 Å². The SMILES string of the molecule is CCO[C@H]1CC(C(=O)OC)=C(C)N=[N+]1C(=O)Nc1ccccc1. The summed E-state index contributed by atoms with van der Waals surface area (Å²) in [7, 11) is 1.31. The van der Waals surface area contributed by atoms with Crippen LogP contribution < -0.4 is 5.32 Å². The van der Waals surface area contributed by atoms with Gasteiger partial charge in [0.2, 0.25) is 6.23 Å². The number of ether oxygens (including phenoxy) is 2. The van der Waals surface area contributed by atoms with Crippen molar-refractivity contribution in [2.75, 3.05) is 19.0 Å². The number of amides is 2. The van der Waals surface area contributed by atoms with Gasteiger partial charge >= 0.3 is 12.0 Å². The Morgan fingerprint density at radius 3 is 2.65 bits per heavy atom. The maximum Gasteiger partial charge on any atom is 0.519 e. The third-order valence-electron chi connectivity index (χ3n) is 3.37. The Kier molecular flexibility index (Phi) is 5.59. The predicted molar refractivity (Wildman–Crippen MR) is 82.9 cm³/mol. The van der Waals surface area contributed by atoms with Crippen LogP contribution in [0.5, 0.6) is 0 Å². The summed E-state index contributed by atoms with van der Waals surface area (Å²) >= 11 is 0. The maximum atomic E-state index is 12.4. The molecule has 1 heterocycles. The zero-order valence-electron chi connectivity index (χ0n) is 13.4. The number of azo groups is 2.